The Balaban J connectivity index is 1.48. The van der Waals surface area contributed by atoms with Gasteiger partial charge in [0.05, 0.1) is 38.7 Å². The largest absolute Gasteiger partial charge is 0.497 e. The number of hydrogen-bond donors (Lipinski definition) is 3. The molecule has 3 atom stereocenters. The molecule has 1 saturated heterocycles. The summed E-state index contributed by atoms with van der Waals surface area (Å²) in [4.78, 5) is 27.7. The van der Waals surface area contributed by atoms with Crippen LogP contribution in [-0.2, 0) is 22.5 Å². The first-order valence-electron chi connectivity index (χ1n) is 12.8. The van der Waals surface area contributed by atoms with Crippen molar-refractivity contribution in [1.82, 2.24) is 10.1 Å². The average Bonchev–Trinajstić information content (AvgIpc) is 3.40. The van der Waals surface area contributed by atoms with Gasteiger partial charge in [-0.15, -0.1) is 0 Å². The van der Waals surface area contributed by atoms with Gasteiger partial charge in [-0.1, -0.05) is 5.16 Å². The molecule has 1 aliphatic rings. The first-order valence-corrected chi connectivity index (χ1v) is 12.8. The lowest BCUT2D eigenvalue weighted by atomic mass is 9.98. The number of amides is 4. The van der Waals surface area contributed by atoms with Crippen LogP contribution >= 0.6 is 0 Å². The predicted octanol–water partition coefficient (Wildman–Crippen LogP) is 4.06. The number of anilines is 2. The third-order valence-electron chi connectivity index (χ3n) is 6.45. The normalized spacial score (nSPS) is 18.6. The van der Waals surface area contributed by atoms with Crippen LogP contribution in [0.3, 0.4) is 0 Å². The zero-order valence-electron chi connectivity index (χ0n) is 22.7. The predicted molar refractivity (Wildman–Crippen MR) is 146 cm³/mol. The first kappa shape index (κ1) is 28.9. The third-order valence-corrected chi connectivity index (χ3v) is 6.45. The summed E-state index contributed by atoms with van der Waals surface area (Å²) in [5, 5.41) is 20.3. The highest BCUT2D eigenvalue weighted by Crippen LogP contribution is 2.25. The summed E-state index contributed by atoms with van der Waals surface area (Å²) in [6.07, 6.45) is -0.501. The number of nitrogens with one attached hydrogen (secondary N) is 2. The van der Waals surface area contributed by atoms with Gasteiger partial charge in [0.1, 0.15) is 24.2 Å². The highest BCUT2D eigenvalue weighted by molar-refractivity contribution is 6.05. The van der Waals surface area contributed by atoms with Crippen molar-refractivity contribution in [1.29, 1.82) is 0 Å². The lowest BCUT2D eigenvalue weighted by Gasteiger charge is -2.36. The van der Waals surface area contributed by atoms with E-state index in [9.17, 15) is 14.7 Å². The number of aromatic nitrogens is 1. The number of carbonyl (C=O) groups is 2. The number of benzene rings is 2. The van der Waals surface area contributed by atoms with Gasteiger partial charge in [-0.3, -0.25) is 0 Å². The Morgan fingerprint density at radius 3 is 2.05 bits per heavy atom. The van der Waals surface area contributed by atoms with Gasteiger partial charge in [-0.2, -0.15) is 0 Å². The average molecular weight is 555 g/mol. The van der Waals surface area contributed by atoms with Gasteiger partial charge in [0.15, 0.2) is 5.76 Å². The Bertz CT molecular complexity index is 1190. The van der Waals surface area contributed by atoms with Crippen LogP contribution in [0.25, 0.3) is 0 Å². The van der Waals surface area contributed by atoms with Crippen LogP contribution in [0.4, 0.5) is 21.0 Å². The lowest BCUT2D eigenvalue weighted by molar-refractivity contribution is -0.119. The van der Waals surface area contributed by atoms with Gasteiger partial charge < -0.3 is 39.2 Å². The van der Waals surface area contributed by atoms with Crippen molar-refractivity contribution in [2.45, 2.75) is 44.2 Å². The van der Waals surface area contributed by atoms with E-state index in [-0.39, 0.29) is 12.6 Å². The second-order valence-electron chi connectivity index (χ2n) is 9.29. The number of carbonyl (C=O) groups excluding carboxylic acids is 2. The Morgan fingerprint density at radius 2 is 1.52 bits per heavy atom. The molecule has 1 fully saturated rings. The van der Waals surface area contributed by atoms with E-state index < -0.39 is 24.3 Å². The Kier molecular flexibility index (Phi) is 9.95. The van der Waals surface area contributed by atoms with Crippen LogP contribution in [0.2, 0.25) is 0 Å². The molecule has 3 aromatic rings. The standard InChI is InChI=1S/C28H34N4O8/c1-36-17-24-15-20(31-40-24)14-23-12-13-25(33)26(39-23)16-32(27(34)29-18-4-8-21(37-2)9-5-18)28(35)30-19-6-10-22(38-3)11-7-19/h4-11,15,23,25-26,33H,12-14,16-17H2,1-3H3,(H,29,34)(H,30,35)/t23-,25-,26+/m0/s1. The van der Waals surface area contributed by atoms with E-state index >= 15 is 0 Å². The molecule has 12 nitrogen and oxygen atoms in total. The molecule has 0 bridgehead atoms. The zero-order chi connectivity index (χ0) is 28.5. The van der Waals surface area contributed by atoms with Gasteiger partial charge in [0.25, 0.3) is 0 Å². The molecule has 0 unspecified atom stereocenters. The molecule has 1 aromatic heterocycles. The fourth-order valence-electron chi connectivity index (χ4n) is 4.33. The Morgan fingerprint density at radius 1 is 0.950 bits per heavy atom. The van der Waals surface area contributed by atoms with Crippen LogP contribution < -0.4 is 20.1 Å². The number of aliphatic hydroxyl groups is 1. The van der Waals surface area contributed by atoms with E-state index in [1.165, 1.54) is 0 Å². The van der Waals surface area contributed by atoms with E-state index in [0.717, 1.165) is 4.90 Å². The molecular formula is C28H34N4O8. The molecule has 0 saturated carbocycles. The van der Waals surface area contributed by atoms with E-state index in [2.05, 4.69) is 15.8 Å². The monoisotopic (exact) mass is 554 g/mol. The van der Waals surface area contributed by atoms with Crippen molar-refractivity contribution in [2.75, 3.05) is 38.5 Å². The van der Waals surface area contributed by atoms with Crippen molar-refractivity contribution < 1.29 is 38.2 Å². The molecule has 214 valence electrons. The van der Waals surface area contributed by atoms with Gasteiger partial charge >= 0.3 is 12.1 Å². The second kappa shape index (κ2) is 13.8. The van der Waals surface area contributed by atoms with E-state index in [0.29, 0.717) is 60.2 Å². The summed E-state index contributed by atoms with van der Waals surface area (Å²) in [6.45, 7) is 0.122. The second-order valence-corrected chi connectivity index (χ2v) is 9.29. The summed E-state index contributed by atoms with van der Waals surface area (Å²) in [6, 6.07) is 13.8. The maximum absolute atomic E-state index is 13.3. The number of hydrogen-bond acceptors (Lipinski definition) is 9. The van der Waals surface area contributed by atoms with E-state index in [1.54, 1.807) is 75.9 Å². The Labute approximate surface area is 232 Å². The zero-order valence-corrected chi connectivity index (χ0v) is 22.7. The van der Waals surface area contributed by atoms with Gasteiger partial charge in [0, 0.05) is 31.0 Å². The quantitative estimate of drug-likeness (QED) is 0.338. The third kappa shape index (κ3) is 7.72. The lowest BCUT2D eigenvalue weighted by Crippen LogP contribution is -2.52. The fourth-order valence-corrected chi connectivity index (χ4v) is 4.33. The van der Waals surface area contributed by atoms with Gasteiger partial charge in [0.2, 0.25) is 0 Å². The molecule has 0 aliphatic carbocycles. The van der Waals surface area contributed by atoms with Crippen LogP contribution in [0.1, 0.15) is 24.3 Å². The minimum Gasteiger partial charge on any atom is -0.497 e. The maximum Gasteiger partial charge on any atom is 0.330 e. The minimum atomic E-state index is -0.873. The van der Waals surface area contributed by atoms with Crippen molar-refractivity contribution in [2.24, 2.45) is 0 Å². The summed E-state index contributed by atoms with van der Waals surface area (Å²) >= 11 is 0. The van der Waals surface area contributed by atoms with Crippen molar-refractivity contribution in [3.8, 4) is 11.5 Å². The molecule has 0 spiro atoms. The Hall–Kier alpha value is -4.13. The molecule has 3 N–H and O–H groups in total. The van der Waals surface area contributed by atoms with Crippen LogP contribution in [0.15, 0.2) is 59.1 Å². The van der Waals surface area contributed by atoms with Crippen molar-refractivity contribution in [3.63, 3.8) is 0 Å². The number of rotatable bonds is 10. The first-order chi connectivity index (χ1) is 19.4. The maximum atomic E-state index is 13.3. The summed E-state index contributed by atoms with van der Waals surface area (Å²) < 4.78 is 26.8. The van der Waals surface area contributed by atoms with Gasteiger partial charge in [-0.05, 0) is 61.4 Å². The topological polar surface area (TPSA) is 145 Å². The number of imide groups is 1. The summed E-state index contributed by atoms with van der Waals surface area (Å²) in [5.74, 6) is 1.85. The number of nitrogens with zero attached hydrogens (tertiary/aromatic N) is 2. The number of urea groups is 2. The molecule has 4 rings (SSSR count). The molecule has 0 radical (unpaired) electrons. The summed E-state index contributed by atoms with van der Waals surface area (Å²) in [5.41, 5.74) is 1.63. The SMILES string of the molecule is COCc1cc(C[C@@H]2CC[C@H](O)[C@@H](CN(C(=O)Nc3ccc(OC)cc3)C(=O)Nc3ccc(OC)cc3)O2)no1. The molecule has 4 amide bonds. The number of aliphatic hydroxyl groups excluding tert-OH is 1. The molecule has 40 heavy (non-hydrogen) atoms. The summed E-state index contributed by atoms with van der Waals surface area (Å²) in [7, 11) is 4.66. The van der Waals surface area contributed by atoms with Crippen LogP contribution in [0, 0.1) is 0 Å². The van der Waals surface area contributed by atoms with Gasteiger partial charge in [-0.25, -0.2) is 14.5 Å². The molecule has 2 aromatic carbocycles. The van der Waals surface area contributed by atoms with E-state index in [1.807, 2.05) is 0 Å². The number of methoxy groups -OCH3 is 3. The van der Waals surface area contributed by atoms with Crippen LogP contribution in [-0.4, -0.2) is 73.4 Å². The molecule has 2 heterocycles. The highest BCUT2D eigenvalue weighted by Gasteiger charge is 2.35. The van der Waals surface area contributed by atoms with E-state index in [4.69, 9.17) is 23.5 Å². The fraction of sp³-hybridized carbons (Fsp3) is 0.393. The molecule has 12 heteroatoms. The molecule has 1 aliphatic heterocycles. The molecular weight excluding hydrogens is 520 g/mol. The smallest absolute Gasteiger partial charge is 0.330 e. The number of ether oxygens (including phenoxy) is 4. The van der Waals surface area contributed by atoms with Crippen LogP contribution in [0.5, 0.6) is 11.5 Å². The highest BCUT2D eigenvalue weighted by atomic mass is 16.5. The minimum absolute atomic E-state index is 0.185. The van der Waals surface area contributed by atoms with Crippen molar-refractivity contribution in [3.05, 3.63) is 66.1 Å². The van der Waals surface area contributed by atoms with Crippen molar-refractivity contribution >= 4 is 23.4 Å².